The van der Waals surface area contributed by atoms with E-state index in [4.69, 9.17) is 9.84 Å². The summed E-state index contributed by atoms with van der Waals surface area (Å²) < 4.78 is 23.6. The van der Waals surface area contributed by atoms with Crippen molar-refractivity contribution in [3.63, 3.8) is 0 Å². The molecule has 110 valence electrons. The Labute approximate surface area is 121 Å². The zero-order chi connectivity index (χ0) is 15.2. The molecule has 2 aromatic rings. The topological polar surface area (TPSA) is 55.8 Å². The summed E-state index contributed by atoms with van der Waals surface area (Å²) in [5.41, 5.74) is 1.68. The highest BCUT2D eigenvalue weighted by Gasteiger charge is 2.08. The minimum absolute atomic E-state index is 0.0602. The van der Waals surface area contributed by atoms with Crippen LogP contribution >= 0.6 is 0 Å². The number of carbonyl (C=O) groups excluding carboxylic acids is 1. The maximum absolute atomic E-state index is 13.6. The molecule has 0 radical (unpaired) electrons. The minimum Gasteiger partial charge on any atom is -0.486 e. The molecular weight excluding hydrogens is 275 g/mol. The molecule has 1 N–H and O–H groups in total. The lowest BCUT2D eigenvalue weighted by atomic mass is 10.1. The van der Waals surface area contributed by atoms with Crippen molar-refractivity contribution in [2.45, 2.75) is 13.2 Å². The van der Waals surface area contributed by atoms with E-state index in [0.29, 0.717) is 16.7 Å². The van der Waals surface area contributed by atoms with E-state index in [-0.39, 0.29) is 19.0 Å². The van der Waals surface area contributed by atoms with Gasteiger partial charge in [-0.1, -0.05) is 18.2 Å². The fourth-order valence-electron chi connectivity index (χ4n) is 1.82. The number of halogens is 1. The average molecular weight is 290 g/mol. The summed E-state index contributed by atoms with van der Waals surface area (Å²) in [6.07, 6.45) is 0. The van der Waals surface area contributed by atoms with Crippen molar-refractivity contribution >= 4 is 5.97 Å². The highest BCUT2D eigenvalue weighted by molar-refractivity contribution is 5.89. The van der Waals surface area contributed by atoms with Gasteiger partial charge in [0.2, 0.25) is 0 Å². The number of aliphatic hydroxyl groups excluding tert-OH is 1. The Morgan fingerprint density at radius 2 is 2.00 bits per heavy atom. The molecule has 0 aliphatic carbocycles. The molecule has 21 heavy (non-hydrogen) atoms. The molecule has 0 atom stereocenters. The van der Waals surface area contributed by atoms with Crippen LogP contribution in [-0.2, 0) is 18.0 Å². The zero-order valence-electron chi connectivity index (χ0n) is 11.5. The summed E-state index contributed by atoms with van der Waals surface area (Å²) in [7, 11) is 1.31. The Morgan fingerprint density at radius 3 is 2.71 bits per heavy atom. The van der Waals surface area contributed by atoms with E-state index >= 15 is 0 Å². The number of ether oxygens (including phenoxy) is 2. The Morgan fingerprint density at radius 1 is 1.19 bits per heavy atom. The van der Waals surface area contributed by atoms with Crippen molar-refractivity contribution in [1.29, 1.82) is 0 Å². The van der Waals surface area contributed by atoms with Gasteiger partial charge in [-0.25, -0.2) is 9.18 Å². The van der Waals surface area contributed by atoms with E-state index < -0.39 is 11.8 Å². The average Bonchev–Trinajstić information content (AvgIpc) is 2.53. The van der Waals surface area contributed by atoms with Gasteiger partial charge in [0.1, 0.15) is 6.61 Å². The first kappa shape index (κ1) is 15.0. The predicted octanol–water partition coefficient (Wildman–Crippen LogP) is 2.68. The van der Waals surface area contributed by atoms with Gasteiger partial charge in [-0.2, -0.15) is 0 Å². The summed E-state index contributed by atoms with van der Waals surface area (Å²) in [5, 5.41) is 9.03. The monoisotopic (exact) mass is 290 g/mol. The fourth-order valence-corrected chi connectivity index (χ4v) is 1.82. The summed E-state index contributed by atoms with van der Waals surface area (Å²) in [6, 6.07) is 10.9. The Kier molecular flexibility index (Phi) is 4.90. The van der Waals surface area contributed by atoms with Gasteiger partial charge < -0.3 is 14.6 Å². The van der Waals surface area contributed by atoms with E-state index in [1.54, 1.807) is 24.3 Å². The van der Waals surface area contributed by atoms with Crippen molar-refractivity contribution < 1.29 is 23.8 Å². The second-order valence-electron chi connectivity index (χ2n) is 4.40. The summed E-state index contributed by atoms with van der Waals surface area (Å²) in [5.74, 6) is -0.883. The smallest absolute Gasteiger partial charge is 0.337 e. The van der Waals surface area contributed by atoms with Gasteiger partial charge in [-0.05, 0) is 35.4 Å². The van der Waals surface area contributed by atoms with Crippen LogP contribution in [0.5, 0.6) is 5.75 Å². The van der Waals surface area contributed by atoms with Gasteiger partial charge in [0.05, 0.1) is 19.3 Å². The first-order valence-corrected chi connectivity index (χ1v) is 6.33. The van der Waals surface area contributed by atoms with Crippen LogP contribution in [0.2, 0.25) is 0 Å². The summed E-state index contributed by atoms with van der Waals surface area (Å²) in [6.45, 7) is -0.0783. The van der Waals surface area contributed by atoms with E-state index in [2.05, 4.69) is 4.74 Å². The van der Waals surface area contributed by atoms with Crippen molar-refractivity contribution in [1.82, 2.24) is 0 Å². The normalized spacial score (nSPS) is 10.2. The number of hydrogen-bond acceptors (Lipinski definition) is 4. The van der Waals surface area contributed by atoms with Crippen LogP contribution < -0.4 is 4.74 Å². The van der Waals surface area contributed by atoms with Crippen LogP contribution in [0.4, 0.5) is 4.39 Å². The highest BCUT2D eigenvalue weighted by Crippen LogP contribution is 2.20. The van der Waals surface area contributed by atoms with Gasteiger partial charge in [-0.15, -0.1) is 0 Å². The number of hydrogen-bond donors (Lipinski definition) is 1. The lowest BCUT2D eigenvalue weighted by Crippen LogP contribution is -2.03. The van der Waals surface area contributed by atoms with Crippen LogP contribution in [0.3, 0.4) is 0 Å². The molecule has 0 aliphatic rings. The van der Waals surface area contributed by atoms with Gasteiger partial charge in [0.25, 0.3) is 0 Å². The third-order valence-corrected chi connectivity index (χ3v) is 2.92. The van der Waals surface area contributed by atoms with Crippen LogP contribution in [0.25, 0.3) is 0 Å². The van der Waals surface area contributed by atoms with Crippen molar-refractivity contribution in [3.8, 4) is 5.75 Å². The number of methoxy groups -OCH3 is 1. The molecule has 0 bridgehead atoms. The van der Waals surface area contributed by atoms with Gasteiger partial charge in [0.15, 0.2) is 11.6 Å². The maximum atomic E-state index is 13.6. The number of benzene rings is 2. The first-order chi connectivity index (χ1) is 10.1. The van der Waals surface area contributed by atoms with Crippen molar-refractivity contribution in [2.75, 3.05) is 7.11 Å². The molecule has 0 heterocycles. The molecule has 2 aromatic carbocycles. The number of aliphatic hydroxyl groups is 1. The zero-order valence-corrected chi connectivity index (χ0v) is 11.5. The Balaban J connectivity index is 2.11. The second kappa shape index (κ2) is 6.85. The molecule has 2 rings (SSSR count). The maximum Gasteiger partial charge on any atom is 0.337 e. The van der Waals surface area contributed by atoms with Crippen LogP contribution in [0.15, 0.2) is 42.5 Å². The van der Waals surface area contributed by atoms with E-state index in [0.717, 1.165) is 0 Å². The third kappa shape index (κ3) is 3.79. The molecule has 5 heteroatoms. The molecule has 0 aliphatic heterocycles. The molecule has 0 spiro atoms. The SMILES string of the molecule is COC(=O)c1cccc(COc2cc(CO)ccc2F)c1. The van der Waals surface area contributed by atoms with E-state index in [1.807, 2.05) is 0 Å². The van der Waals surface area contributed by atoms with Gasteiger partial charge in [0, 0.05) is 0 Å². The van der Waals surface area contributed by atoms with Crippen LogP contribution in [0, 0.1) is 5.82 Å². The quantitative estimate of drug-likeness (QED) is 0.860. The molecule has 0 aromatic heterocycles. The molecule has 0 saturated heterocycles. The van der Waals surface area contributed by atoms with Crippen LogP contribution in [-0.4, -0.2) is 18.2 Å². The molecule has 4 nitrogen and oxygen atoms in total. The number of esters is 1. The molecule has 0 unspecified atom stereocenters. The Hall–Kier alpha value is -2.40. The largest absolute Gasteiger partial charge is 0.486 e. The van der Waals surface area contributed by atoms with E-state index in [9.17, 15) is 9.18 Å². The molecule has 0 fully saturated rings. The second-order valence-corrected chi connectivity index (χ2v) is 4.40. The molecular formula is C16H15FO4. The lowest BCUT2D eigenvalue weighted by molar-refractivity contribution is 0.0600. The van der Waals surface area contributed by atoms with Crippen LogP contribution in [0.1, 0.15) is 21.5 Å². The van der Waals surface area contributed by atoms with Crippen molar-refractivity contribution in [3.05, 3.63) is 65.0 Å². The fraction of sp³-hybridized carbons (Fsp3) is 0.188. The Bertz CT molecular complexity index is 640. The summed E-state index contributed by atoms with van der Waals surface area (Å²) in [4.78, 5) is 11.4. The lowest BCUT2D eigenvalue weighted by Gasteiger charge is -2.09. The highest BCUT2D eigenvalue weighted by atomic mass is 19.1. The van der Waals surface area contributed by atoms with Gasteiger partial charge >= 0.3 is 5.97 Å². The van der Waals surface area contributed by atoms with Gasteiger partial charge in [-0.3, -0.25) is 0 Å². The summed E-state index contributed by atoms with van der Waals surface area (Å²) >= 11 is 0. The number of rotatable bonds is 5. The van der Waals surface area contributed by atoms with E-state index in [1.165, 1.54) is 25.3 Å². The first-order valence-electron chi connectivity index (χ1n) is 6.33. The minimum atomic E-state index is -0.503. The molecule has 0 amide bonds. The predicted molar refractivity (Wildman–Crippen MR) is 74.4 cm³/mol. The third-order valence-electron chi connectivity index (χ3n) is 2.92. The number of carbonyl (C=O) groups is 1. The van der Waals surface area contributed by atoms with Crippen molar-refractivity contribution in [2.24, 2.45) is 0 Å². The standard InChI is InChI=1S/C16H15FO4/c1-20-16(19)13-4-2-3-12(7-13)10-21-15-8-11(9-18)5-6-14(15)17/h2-8,18H,9-10H2,1H3. The molecule has 0 saturated carbocycles.